The lowest BCUT2D eigenvalue weighted by atomic mass is 9.92. The summed E-state index contributed by atoms with van der Waals surface area (Å²) in [4.78, 5) is 93.7. The molecule has 4 aromatic rings. The highest BCUT2D eigenvalue weighted by Crippen LogP contribution is 2.40. The van der Waals surface area contributed by atoms with Crippen molar-refractivity contribution in [2.75, 3.05) is 88.5 Å². The molecule has 21 heteroatoms. The number of anilines is 5. The van der Waals surface area contributed by atoms with Gasteiger partial charge in [-0.25, -0.2) is 9.78 Å². The number of esters is 1. The molecule has 1 unspecified atom stereocenters. The minimum atomic E-state index is -2.58. The summed E-state index contributed by atoms with van der Waals surface area (Å²) in [6.07, 6.45) is 3.37. The Kier molecular flexibility index (Phi) is 14.3. The molecule has 0 aliphatic carbocycles. The van der Waals surface area contributed by atoms with E-state index in [1.807, 2.05) is 47.4 Å². The van der Waals surface area contributed by atoms with Crippen LogP contribution in [0.5, 0.6) is 11.5 Å². The Bertz CT molecular complexity index is 2730. The monoisotopic (exact) mass is 983 g/mol. The van der Waals surface area contributed by atoms with Gasteiger partial charge in [0.1, 0.15) is 36.3 Å². The van der Waals surface area contributed by atoms with Crippen molar-refractivity contribution in [2.45, 2.75) is 51.6 Å². The zero-order valence-corrected chi connectivity index (χ0v) is 40.7. The number of aromatic nitrogens is 2. The van der Waals surface area contributed by atoms with Gasteiger partial charge in [-0.05, 0) is 82.8 Å². The summed E-state index contributed by atoms with van der Waals surface area (Å²) >= 11 is 6.48. The summed E-state index contributed by atoms with van der Waals surface area (Å²) in [6, 6.07) is 16.9. The van der Waals surface area contributed by atoms with E-state index in [0.717, 1.165) is 36.5 Å². The Hall–Kier alpha value is -6.56. The lowest BCUT2D eigenvalue weighted by Gasteiger charge is -2.44. The van der Waals surface area contributed by atoms with Crippen LogP contribution in [0.1, 0.15) is 60.2 Å². The van der Waals surface area contributed by atoms with Gasteiger partial charge < -0.3 is 39.2 Å². The number of nitrogens with one attached hydrogen (secondary N) is 3. The number of fused-ring (bicyclic) bond motifs is 1. The van der Waals surface area contributed by atoms with Gasteiger partial charge >= 0.3 is 5.97 Å². The van der Waals surface area contributed by atoms with Gasteiger partial charge in [-0.15, -0.1) is 0 Å². The Balaban J connectivity index is 0.786. The number of hydrogen-bond donors (Lipinski definition) is 3. The van der Waals surface area contributed by atoms with Crippen LogP contribution >= 0.6 is 18.7 Å². The van der Waals surface area contributed by atoms with E-state index in [1.165, 1.54) is 24.4 Å². The molecule has 3 fully saturated rings. The summed E-state index contributed by atoms with van der Waals surface area (Å²) in [5, 5.41) is 9.64. The Morgan fingerprint density at radius 3 is 2.33 bits per heavy atom. The molecule has 1 aromatic heterocycles. The molecule has 5 amide bonds. The van der Waals surface area contributed by atoms with E-state index in [0.29, 0.717) is 71.4 Å². The summed E-state index contributed by atoms with van der Waals surface area (Å²) in [5.74, 6) is -2.31. The van der Waals surface area contributed by atoms with E-state index in [-0.39, 0.29) is 42.2 Å². The van der Waals surface area contributed by atoms with Gasteiger partial charge in [0.2, 0.25) is 23.7 Å². The fourth-order valence-electron chi connectivity index (χ4n) is 9.10. The van der Waals surface area contributed by atoms with Gasteiger partial charge in [-0.1, -0.05) is 29.8 Å². The zero-order chi connectivity index (χ0) is 49.2. The van der Waals surface area contributed by atoms with E-state index >= 15 is 0 Å². The van der Waals surface area contributed by atoms with Crippen molar-refractivity contribution < 1.29 is 47.5 Å². The minimum Gasteiger partial charge on any atom is -0.494 e. The van der Waals surface area contributed by atoms with Crippen LogP contribution in [0.15, 0.2) is 66.9 Å². The molecule has 3 saturated heterocycles. The maximum atomic E-state index is 13.7. The number of para-hydroxylation sites is 1. The Morgan fingerprint density at radius 1 is 0.884 bits per heavy atom. The number of nitrogens with zero attached hydrogens (tertiary/aromatic N) is 6. The number of carbonyl (C=O) groups excluding carboxylic acids is 6. The number of carbonyl (C=O) groups is 6. The number of amides is 5. The molecule has 3 aromatic carbocycles. The quantitative estimate of drug-likeness (QED) is 0.0807. The maximum absolute atomic E-state index is 13.7. The fourth-order valence-corrected chi connectivity index (χ4v) is 10.4. The molecule has 4 aliphatic heterocycles. The van der Waals surface area contributed by atoms with E-state index in [9.17, 15) is 33.3 Å². The van der Waals surface area contributed by atoms with Crippen LogP contribution in [0, 0.1) is 5.41 Å². The van der Waals surface area contributed by atoms with E-state index in [2.05, 4.69) is 35.7 Å². The third-order valence-corrected chi connectivity index (χ3v) is 14.6. The standard InChI is InChI=1S/C48H55ClN9O10P/c1-48(2,28-68-40(60)27-67-36-11-8-9-31-41(36)45(63)58(44(31)62)35-15-16-39(59)53-43(35)61)46(64)57-23-21-56(22-24-57)29-17-19-55(20-18-29)30-13-14-33(37(25-30)66-3)52-47-50-26-32(49)42(54-47)51-34-10-6-7-12-38(34)69(4,5)65/h6-14,25-26,29,35H,15-24,27-28H2,1-5H3,(H,53,59,61)(H2,50,51,52,54). The molecular formula is C48H55ClN9O10P. The van der Waals surface area contributed by atoms with Crippen molar-refractivity contribution in [1.29, 1.82) is 0 Å². The molecule has 0 saturated carbocycles. The smallest absolute Gasteiger partial charge is 0.344 e. The fraction of sp³-hybridized carbons (Fsp3) is 0.417. The molecule has 5 heterocycles. The van der Waals surface area contributed by atoms with Crippen LogP contribution < -0.4 is 35.6 Å². The van der Waals surface area contributed by atoms with Crippen molar-refractivity contribution in [1.82, 2.24) is 30.0 Å². The number of hydrogen-bond acceptors (Lipinski definition) is 16. The SMILES string of the molecule is COc1cc(N2CCC(N3CCN(C(=O)C(C)(C)COC(=O)COc4cccc5c4C(=O)N(C4CCC(=O)NC4=O)C5=O)CC3)CC2)ccc1Nc1ncc(Cl)c(Nc2ccccc2P(C)(C)=O)n1. The number of halogens is 1. The molecule has 8 rings (SSSR count). The van der Waals surface area contributed by atoms with Gasteiger partial charge in [0.15, 0.2) is 12.4 Å². The number of methoxy groups -OCH3 is 1. The van der Waals surface area contributed by atoms with Crippen molar-refractivity contribution in [3.05, 3.63) is 83.0 Å². The summed E-state index contributed by atoms with van der Waals surface area (Å²) in [5.41, 5.74) is 1.26. The minimum absolute atomic E-state index is 0.00488. The highest BCUT2D eigenvalue weighted by atomic mass is 35.5. The van der Waals surface area contributed by atoms with E-state index < -0.39 is 54.8 Å². The van der Waals surface area contributed by atoms with Crippen LogP contribution in [0.3, 0.4) is 0 Å². The predicted molar refractivity (Wildman–Crippen MR) is 259 cm³/mol. The van der Waals surface area contributed by atoms with Crippen LogP contribution in [0.2, 0.25) is 5.02 Å². The van der Waals surface area contributed by atoms with E-state index in [1.54, 1.807) is 34.3 Å². The second-order valence-electron chi connectivity index (χ2n) is 18.4. The molecule has 3 N–H and O–H groups in total. The van der Waals surface area contributed by atoms with Crippen molar-refractivity contribution in [3.63, 3.8) is 0 Å². The van der Waals surface area contributed by atoms with Gasteiger partial charge in [-0.2, -0.15) is 4.98 Å². The largest absolute Gasteiger partial charge is 0.494 e. The first-order valence-corrected chi connectivity index (χ1v) is 25.7. The van der Waals surface area contributed by atoms with Crippen molar-refractivity contribution in [2.24, 2.45) is 5.41 Å². The maximum Gasteiger partial charge on any atom is 0.344 e. The molecule has 364 valence electrons. The van der Waals surface area contributed by atoms with Crippen molar-refractivity contribution in [3.8, 4) is 11.5 Å². The second-order valence-corrected chi connectivity index (χ2v) is 22.0. The molecule has 0 radical (unpaired) electrons. The van der Waals surface area contributed by atoms with Crippen LogP contribution in [-0.2, 0) is 28.5 Å². The molecule has 4 aliphatic rings. The normalized spacial score (nSPS) is 18.2. The molecular weight excluding hydrogens is 929 g/mol. The van der Waals surface area contributed by atoms with Gasteiger partial charge in [0, 0.05) is 68.8 Å². The molecule has 0 spiro atoms. The third-order valence-electron chi connectivity index (χ3n) is 12.8. The summed E-state index contributed by atoms with van der Waals surface area (Å²) in [7, 11) is -0.969. The highest BCUT2D eigenvalue weighted by molar-refractivity contribution is 7.70. The third kappa shape index (κ3) is 10.7. The van der Waals surface area contributed by atoms with Crippen LogP contribution in [0.4, 0.5) is 28.8 Å². The van der Waals surface area contributed by atoms with Crippen molar-refractivity contribution >= 4 is 88.4 Å². The molecule has 69 heavy (non-hydrogen) atoms. The summed E-state index contributed by atoms with van der Waals surface area (Å²) in [6.45, 7) is 10.3. The predicted octanol–water partition coefficient (Wildman–Crippen LogP) is 5.04. The van der Waals surface area contributed by atoms with Gasteiger partial charge in [0.05, 0.1) is 41.2 Å². The molecule has 19 nitrogen and oxygen atoms in total. The summed E-state index contributed by atoms with van der Waals surface area (Å²) < 4.78 is 29.9. The zero-order valence-electron chi connectivity index (χ0n) is 39.1. The van der Waals surface area contributed by atoms with Crippen LogP contribution in [0.25, 0.3) is 0 Å². The Labute approximate surface area is 404 Å². The lowest BCUT2D eigenvalue weighted by Crippen LogP contribution is -2.56. The average molecular weight is 984 g/mol. The number of piperidine rings is 2. The van der Waals surface area contributed by atoms with Crippen LogP contribution in [-0.4, -0.2) is 145 Å². The first kappa shape index (κ1) is 48.9. The van der Waals surface area contributed by atoms with Gasteiger partial charge in [-0.3, -0.25) is 39.1 Å². The first-order valence-electron chi connectivity index (χ1n) is 22.7. The average Bonchev–Trinajstić information content (AvgIpc) is 3.59. The van der Waals surface area contributed by atoms with Gasteiger partial charge in [0.25, 0.3) is 11.8 Å². The number of benzene rings is 3. The molecule has 0 bridgehead atoms. The second kappa shape index (κ2) is 20.2. The number of rotatable bonds is 15. The first-order chi connectivity index (χ1) is 32.9. The topological polar surface area (TPSA) is 222 Å². The molecule has 1 atom stereocenters. The highest BCUT2D eigenvalue weighted by Gasteiger charge is 2.46. The number of imide groups is 2. The number of ether oxygens (including phenoxy) is 3. The number of piperazine rings is 1. The Morgan fingerprint density at radius 2 is 1.62 bits per heavy atom. The van der Waals surface area contributed by atoms with E-state index in [4.69, 9.17) is 25.8 Å². The lowest BCUT2D eigenvalue weighted by molar-refractivity contribution is -0.155.